The molecule has 2 atom stereocenters. The van der Waals surface area contributed by atoms with Crippen molar-refractivity contribution in [1.82, 2.24) is 5.32 Å². The Kier molecular flexibility index (Phi) is 4.23. The van der Waals surface area contributed by atoms with E-state index in [1.165, 1.54) is 6.42 Å². The van der Waals surface area contributed by atoms with Crippen molar-refractivity contribution in [3.05, 3.63) is 0 Å². The van der Waals surface area contributed by atoms with Gasteiger partial charge in [0.05, 0.1) is 6.17 Å². The van der Waals surface area contributed by atoms with Gasteiger partial charge in [0, 0.05) is 11.8 Å². The first-order chi connectivity index (χ1) is 5.29. The quantitative estimate of drug-likeness (QED) is 0.703. The molecule has 1 fully saturated rings. The van der Waals surface area contributed by atoms with E-state index < -0.39 is 6.17 Å². The largest absolute Gasteiger partial charge is 0.316 e. The molecule has 0 saturated carbocycles. The third kappa shape index (κ3) is 3.97. The molecule has 11 heavy (non-hydrogen) atoms. The molecule has 2 unspecified atom stereocenters. The summed E-state index contributed by atoms with van der Waals surface area (Å²) in [5, 5.41) is 4.04. The number of thioether (sulfide) groups is 1. The maximum Gasteiger partial charge on any atom is 0.0981 e. The summed E-state index contributed by atoms with van der Waals surface area (Å²) in [5.41, 5.74) is 0. The minimum Gasteiger partial charge on any atom is -0.316 e. The molecule has 1 saturated heterocycles. The van der Waals surface area contributed by atoms with Crippen molar-refractivity contribution in [3.8, 4) is 0 Å². The first-order valence-electron chi connectivity index (χ1n) is 4.25. The van der Waals surface area contributed by atoms with Crippen molar-refractivity contribution < 1.29 is 4.39 Å². The van der Waals surface area contributed by atoms with Gasteiger partial charge in [0.15, 0.2) is 0 Å². The fraction of sp³-hybridized carbons (Fsp3) is 1.00. The summed E-state index contributed by atoms with van der Waals surface area (Å²) < 4.78 is 12.3. The highest BCUT2D eigenvalue weighted by Crippen LogP contribution is 2.18. The Bertz CT molecular complexity index is 102. The second kappa shape index (κ2) is 4.99. The Labute approximate surface area is 72.1 Å². The number of nitrogens with one attached hydrogen (secondary N) is 1. The van der Waals surface area contributed by atoms with E-state index in [-0.39, 0.29) is 0 Å². The third-order valence-electron chi connectivity index (χ3n) is 1.88. The summed E-state index contributed by atoms with van der Waals surface area (Å²) >= 11 is 1.91. The van der Waals surface area contributed by atoms with Crippen LogP contribution in [-0.4, -0.2) is 30.3 Å². The number of rotatable bonds is 4. The molecule has 0 radical (unpaired) electrons. The summed E-state index contributed by atoms with van der Waals surface area (Å²) in [7, 11) is 0. The van der Waals surface area contributed by atoms with Crippen LogP contribution in [0, 0.1) is 0 Å². The monoisotopic (exact) mass is 177 g/mol. The molecule has 1 nitrogen and oxygen atoms in total. The van der Waals surface area contributed by atoms with Crippen LogP contribution in [0.3, 0.4) is 0 Å². The van der Waals surface area contributed by atoms with Crippen molar-refractivity contribution in [1.29, 1.82) is 0 Å². The van der Waals surface area contributed by atoms with Crippen molar-refractivity contribution in [2.45, 2.75) is 31.2 Å². The van der Waals surface area contributed by atoms with Crippen LogP contribution in [-0.2, 0) is 0 Å². The molecule has 0 aromatic heterocycles. The SMILES string of the molecule is CC(F)CCSC1CCNC1. The van der Waals surface area contributed by atoms with Crippen LogP contribution in [0.1, 0.15) is 19.8 Å². The predicted molar refractivity (Wildman–Crippen MR) is 48.9 cm³/mol. The normalized spacial score (nSPS) is 27.3. The van der Waals surface area contributed by atoms with Gasteiger partial charge in [-0.2, -0.15) is 11.8 Å². The molecule has 66 valence electrons. The first-order valence-corrected chi connectivity index (χ1v) is 5.30. The Balaban J connectivity index is 1.94. The lowest BCUT2D eigenvalue weighted by molar-refractivity contribution is 0.354. The summed E-state index contributed by atoms with van der Waals surface area (Å²) in [5.74, 6) is 0.976. The van der Waals surface area contributed by atoms with Crippen LogP contribution in [0.5, 0.6) is 0 Å². The third-order valence-corrected chi connectivity index (χ3v) is 3.23. The van der Waals surface area contributed by atoms with E-state index in [2.05, 4.69) is 5.32 Å². The molecule has 0 amide bonds. The average Bonchev–Trinajstić information content (AvgIpc) is 2.39. The van der Waals surface area contributed by atoms with Crippen molar-refractivity contribution in [3.63, 3.8) is 0 Å². The van der Waals surface area contributed by atoms with Crippen molar-refractivity contribution in [2.75, 3.05) is 18.8 Å². The smallest absolute Gasteiger partial charge is 0.0981 e. The summed E-state index contributed by atoms with van der Waals surface area (Å²) in [6.07, 6.45) is 1.34. The van der Waals surface area contributed by atoms with Crippen LogP contribution in [0.15, 0.2) is 0 Å². The van der Waals surface area contributed by atoms with Crippen LogP contribution < -0.4 is 5.32 Å². The van der Waals surface area contributed by atoms with E-state index in [0.29, 0.717) is 6.42 Å². The van der Waals surface area contributed by atoms with Gasteiger partial charge < -0.3 is 5.32 Å². The van der Waals surface area contributed by atoms with Gasteiger partial charge in [0.2, 0.25) is 0 Å². The van der Waals surface area contributed by atoms with E-state index in [1.54, 1.807) is 6.92 Å². The lowest BCUT2D eigenvalue weighted by atomic mass is 10.3. The van der Waals surface area contributed by atoms with Gasteiger partial charge in [-0.1, -0.05) is 0 Å². The maximum atomic E-state index is 12.3. The lowest BCUT2D eigenvalue weighted by Gasteiger charge is -2.07. The zero-order valence-corrected chi connectivity index (χ0v) is 7.79. The van der Waals surface area contributed by atoms with Crippen molar-refractivity contribution in [2.24, 2.45) is 0 Å². The highest BCUT2D eigenvalue weighted by molar-refractivity contribution is 7.99. The lowest BCUT2D eigenvalue weighted by Crippen LogP contribution is -2.11. The molecule has 1 aliphatic rings. The van der Waals surface area contributed by atoms with Gasteiger partial charge in [0.1, 0.15) is 0 Å². The molecular formula is C8H16FNS. The Hall–Kier alpha value is 0.240. The summed E-state index contributed by atoms with van der Waals surface area (Å²) in [6, 6.07) is 0. The fourth-order valence-electron chi connectivity index (χ4n) is 1.17. The molecule has 0 aromatic rings. The average molecular weight is 177 g/mol. The zero-order chi connectivity index (χ0) is 8.10. The summed E-state index contributed by atoms with van der Waals surface area (Å²) in [4.78, 5) is 0. The minimum absolute atomic E-state index is 0.628. The molecular weight excluding hydrogens is 161 g/mol. The van der Waals surface area contributed by atoms with Gasteiger partial charge in [-0.3, -0.25) is 0 Å². The maximum absolute atomic E-state index is 12.3. The van der Waals surface area contributed by atoms with E-state index in [1.807, 2.05) is 11.8 Å². The number of alkyl halides is 1. The van der Waals surface area contributed by atoms with E-state index in [4.69, 9.17) is 0 Å². The second-order valence-electron chi connectivity index (χ2n) is 3.06. The molecule has 0 aromatic carbocycles. The van der Waals surface area contributed by atoms with E-state index >= 15 is 0 Å². The Morgan fingerprint density at radius 1 is 1.73 bits per heavy atom. The molecule has 3 heteroatoms. The molecule has 1 N–H and O–H groups in total. The molecule has 1 heterocycles. The van der Waals surface area contributed by atoms with Crippen LogP contribution in [0.25, 0.3) is 0 Å². The van der Waals surface area contributed by atoms with Gasteiger partial charge in [0.25, 0.3) is 0 Å². The highest BCUT2D eigenvalue weighted by Gasteiger charge is 2.14. The minimum atomic E-state index is -0.628. The van der Waals surface area contributed by atoms with Gasteiger partial charge in [-0.05, 0) is 32.1 Å². The number of halogens is 1. The van der Waals surface area contributed by atoms with E-state index in [0.717, 1.165) is 24.1 Å². The molecule has 0 aliphatic carbocycles. The number of hydrogen-bond acceptors (Lipinski definition) is 2. The molecule has 0 bridgehead atoms. The zero-order valence-electron chi connectivity index (χ0n) is 6.98. The van der Waals surface area contributed by atoms with Crippen LogP contribution >= 0.6 is 11.8 Å². The molecule has 1 rings (SSSR count). The van der Waals surface area contributed by atoms with Gasteiger partial charge in [-0.25, -0.2) is 4.39 Å². The standard InChI is InChI=1S/C8H16FNS/c1-7(9)3-5-11-8-2-4-10-6-8/h7-8,10H,2-6H2,1H3. The Morgan fingerprint density at radius 2 is 2.55 bits per heavy atom. The topological polar surface area (TPSA) is 12.0 Å². The Morgan fingerprint density at radius 3 is 3.09 bits per heavy atom. The van der Waals surface area contributed by atoms with Crippen molar-refractivity contribution >= 4 is 11.8 Å². The second-order valence-corrected chi connectivity index (χ2v) is 4.46. The summed E-state index contributed by atoms with van der Waals surface area (Å²) in [6.45, 7) is 3.89. The van der Waals surface area contributed by atoms with Crippen LogP contribution in [0.4, 0.5) is 4.39 Å². The van der Waals surface area contributed by atoms with Gasteiger partial charge in [-0.15, -0.1) is 0 Å². The van der Waals surface area contributed by atoms with Gasteiger partial charge >= 0.3 is 0 Å². The van der Waals surface area contributed by atoms with E-state index in [9.17, 15) is 4.39 Å². The van der Waals surface area contributed by atoms with Crippen LogP contribution in [0.2, 0.25) is 0 Å². The first kappa shape index (κ1) is 9.33. The molecule has 1 aliphatic heterocycles. The highest BCUT2D eigenvalue weighted by atomic mass is 32.2. The predicted octanol–water partition coefficient (Wildman–Crippen LogP) is 1.83. The number of hydrogen-bond donors (Lipinski definition) is 1. The fourth-order valence-corrected chi connectivity index (χ4v) is 2.48. The molecule has 0 spiro atoms.